The Balaban J connectivity index is 1.78. The average molecular weight is 197 g/mol. The van der Waals surface area contributed by atoms with Crippen LogP contribution in [0.4, 0.5) is 0 Å². The normalized spacial score (nSPS) is 29.6. The number of nitrogens with one attached hydrogen (secondary N) is 1. The van der Waals surface area contributed by atoms with Crippen LogP contribution in [0.3, 0.4) is 0 Å². The van der Waals surface area contributed by atoms with Crippen molar-refractivity contribution >= 4 is 0 Å². The molecule has 0 amide bonds. The van der Waals surface area contributed by atoms with Gasteiger partial charge in [-0.25, -0.2) is 0 Å². The molecule has 2 saturated heterocycles. The van der Waals surface area contributed by atoms with Crippen LogP contribution in [0.5, 0.6) is 0 Å². The predicted molar refractivity (Wildman–Crippen MR) is 58.1 cm³/mol. The van der Waals surface area contributed by atoms with Crippen molar-refractivity contribution in [3.8, 4) is 0 Å². The lowest BCUT2D eigenvalue weighted by molar-refractivity contribution is -0.859. The lowest BCUT2D eigenvalue weighted by Crippen LogP contribution is -3.10. The zero-order valence-corrected chi connectivity index (χ0v) is 9.34. The Morgan fingerprint density at radius 1 is 1.07 bits per heavy atom. The Morgan fingerprint density at radius 2 is 1.64 bits per heavy atom. The highest BCUT2D eigenvalue weighted by Crippen LogP contribution is 2.15. The van der Waals surface area contributed by atoms with E-state index in [-0.39, 0.29) is 0 Å². The standard InChI is InChI=1S/C11H23N3/c1-12-5-3-11(4-6-12)14-9-7-13(2)8-10-14/h11,13H,2-10H2,1H3. The summed E-state index contributed by atoms with van der Waals surface area (Å²) in [5, 5.41) is 0. The molecule has 3 nitrogen and oxygen atoms in total. The van der Waals surface area contributed by atoms with Gasteiger partial charge in [0.2, 0.25) is 0 Å². The molecule has 0 radical (unpaired) electrons. The Labute approximate surface area is 87.7 Å². The number of quaternary nitrogens is 1. The molecular weight excluding hydrogens is 174 g/mol. The molecule has 2 fully saturated rings. The van der Waals surface area contributed by atoms with Gasteiger partial charge in [0, 0.05) is 19.1 Å². The van der Waals surface area contributed by atoms with Crippen molar-refractivity contribution in [2.45, 2.75) is 18.9 Å². The fourth-order valence-electron chi connectivity index (χ4n) is 2.57. The molecule has 0 aliphatic carbocycles. The monoisotopic (exact) mass is 197 g/mol. The first-order valence-corrected chi connectivity index (χ1v) is 5.85. The number of hydrogen-bond donors (Lipinski definition) is 1. The fourth-order valence-corrected chi connectivity index (χ4v) is 2.57. The van der Waals surface area contributed by atoms with Gasteiger partial charge in [-0.15, -0.1) is 0 Å². The second kappa shape index (κ2) is 4.60. The summed E-state index contributed by atoms with van der Waals surface area (Å²) >= 11 is 0. The molecule has 2 rings (SSSR count). The van der Waals surface area contributed by atoms with Crippen LogP contribution in [0.2, 0.25) is 0 Å². The van der Waals surface area contributed by atoms with Crippen LogP contribution in [-0.4, -0.2) is 62.2 Å². The maximum atomic E-state index is 4.07. The van der Waals surface area contributed by atoms with E-state index < -0.39 is 0 Å². The lowest BCUT2D eigenvalue weighted by Gasteiger charge is -2.41. The van der Waals surface area contributed by atoms with E-state index in [1.54, 1.807) is 0 Å². The molecule has 0 bridgehead atoms. The molecule has 82 valence electrons. The maximum absolute atomic E-state index is 4.07. The Morgan fingerprint density at radius 3 is 2.21 bits per heavy atom. The van der Waals surface area contributed by atoms with E-state index >= 15 is 0 Å². The number of rotatable bonds is 1. The van der Waals surface area contributed by atoms with Crippen LogP contribution < -0.4 is 4.90 Å². The van der Waals surface area contributed by atoms with Crippen LogP contribution in [0.25, 0.3) is 0 Å². The highest BCUT2D eigenvalue weighted by molar-refractivity contribution is 4.79. The lowest BCUT2D eigenvalue weighted by atomic mass is 10.0. The van der Waals surface area contributed by atoms with E-state index in [9.17, 15) is 0 Å². The van der Waals surface area contributed by atoms with Gasteiger partial charge in [0.25, 0.3) is 0 Å². The molecule has 14 heavy (non-hydrogen) atoms. The van der Waals surface area contributed by atoms with E-state index in [0.29, 0.717) is 0 Å². The summed E-state index contributed by atoms with van der Waals surface area (Å²) in [6, 6.07) is 0.860. The molecule has 0 spiro atoms. The summed E-state index contributed by atoms with van der Waals surface area (Å²) in [4.78, 5) is 6.58. The number of likely N-dealkylation sites (tertiary alicyclic amines) is 1. The first-order chi connectivity index (χ1) is 6.75. The topological polar surface area (TPSA) is 10.9 Å². The summed E-state index contributed by atoms with van der Waals surface area (Å²) in [5.74, 6) is 0. The number of hydrogen-bond acceptors (Lipinski definition) is 2. The quantitative estimate of drug-likeness (QED) is 0.545. The van der Waals surface area contributed by atoms with Gasteiger partial charge < -0.3 is 9.80 Å². The van der Waals surface area contributed by atoms with Gasteiger partial charge >= 0.3 is 0 Å². The van der Waals surface area contributed by atoms with Crippen molar-refractivity contribution < 1.29 is 4.90 Å². The van der Waals surface area contributed by atoms with E-state index in [2.05, 4.69) is 23.9 Å². The van der Waals surface area contributed by atoms with Crippen molar-refractivity contribution in [1.82, 2.24) is 9.80 Å². The molecule has 2 aliphatic rings. The first-order valence-electron chi connectivity index (χ1n) is 5.85. The molecule has 0 atom stereocenters. The molecule has 0 unspecified atom stereocenters. The van der Waals surface area contributed by atoms with Crippen molar-refractivity contribution in [2.24, 2.45) is 0 Å². The largest absolute Gasteiger partial charge is 0.466 e. The van der Waals surface area contributed by atoms with E-state index in [4.69, 9.17) is 0 Å². The van der Waals surface area contributed by atoms with Gasteiger partial charge in [-0.05, 0) is 33.0 Å². The van der Waals surface area contributed by atoms with Crippen molar-refractivity contribution in [3.63, 3.8) is 0 Å². The number of piperazine rings is 1. The molecule has 0 aromatic heterocycles. The van der Waals surface area contributed by atoms with Gasteiger partial charge in [0.1, 0.15) is 0 Å². The van der Waals surface area contributed by atoms with Crippen molar-refractivity contribution in [1.29, 1.82) is 0 Å². The minimum Gasteiger partial charge on any atom is -0.466 e. The highest BCUT2D eigenvalue weighted by Gasteiger charge is 2.25. The maximum Gasteiger partial charge on any atom is 0.0660 e. The first kappa shape index (κ1) is 10.4. The van der Waals surface area contributed by atoms with Gasteiger partial charge in [0.05, 0.1) is 13.1 Å². The van der Waals surface area contributed by atoms with Crippen molar-refractivity contribution in [2.75, 3.05) is 46.3 Å². The Bertz CT molecular complexity index is 147. The molecule has 0 aromatic rings. The third-order valence-electron chi connectivity index (χ3n) is 3.71. The third kappa shape index (κ3) is 2.47. The average Bonchev–Trinajstić information content (AvgIpc) is 2.21. The molecule has 3 heteroatoms. The summed E-state index contributed by atoms with van der Waals surface area (Å²) in [5.41, 5.74) is 0. The fraction of sp³-hybridized carbons (Fsp3) is 0.909. The van der Waals surface area contributed by atoms with Crippen LogP contribution in [-0.2, 0) is 0 Å². The Kier molecular flexibility index (Phi) is 3.42. The summed E-state index contributed by atoms with van der Waals surface area (Å²) in [6.45, 7) is 7.53. The van der Waals surface area contributed by atoms with Crippen LogP contribution in [0.15, 0.2) is 0 Å². The predicted octanol–water partition coefficient (Wildman–Crippen LogP) is -0.927. The number of nitrogens with zero attached hydrogens (tertiary/aromatic N) is 2. The SMILES string of the molecule is [CH2-][NH+]1CCN(C2CCN(C)CC2)CC1. The molecule has 1 N–H and O–H groups in total. The minimum atomic E-state index is 0.860. The van der Waals surface area contributed by atoms with E-state index in [0.717, 1.165) is 6.04 Å². The second-order valence-electron chi connectivity index (χ2n) is 4.82. The van der Waals surface area contributed by atoms with E-state index in [1.165, 1.54) is 57.0 Å². The molecule has 0 aromatic carbocycles. The van der Waals surface area contributed by atoms with E-state index in [1.807, 2.05) is 0 Å². The summed E-state index contributed by atoms with van der Waals surface area (Å²) < 4.78 is 0. The summed E-state index contributed by atoms with van der Waals surface area (Å²) in [7, 11) is 6.30. The van der Waals surface area contributed by atoms with Crippen LogP contribution in [0, 0.1) is 7.05 Å². The molecular formula is C11H23N3. The van der Waals surface area contributed by atoms with Gasteiger partial charge in [0.15, 0.2) is 0 Å². The van der Waals surface area contributed by atoms with Gasteiger partial charge in [-0.2, -0.15) is 7.05 Å². The Hall–Kier alpha value is -0.120. The van der Waals surface area contributed by atoms with Crippen LogP contribution in [0.1, 0.15) is 12.8 Å². The smallest absolute Gasteiger partial charge is 0.0660 e. The third-order valence-corrected chi connectivity index (χ3v) is 3.71. The zero-order chi connectivity index (χ0) is 9.97. The molecule has 0 saturated carbocycles. The molecule has 2 heterocycles. The number of piperidine rings is 1. The van der Waals surface area contributed by atoms with Gasteiger partial charge in [-0.3, -0.25) is 4.90 Å². The van der Waals surface area contributed by atoms with Crippen molar-refractivity contribution in [3.05, 3.63) is 7.05 Å². The summed E-state index contributed by atoms with van der Waals surface area (Å²) in [6.07, 6.45) is 2.73. The highest BCUT2D eigenvalue weighted by atomic mass is 15.3. The van der Waals surface area contributed by atoms with Crippen LogP contribution >= 0.6 is 0 Å². The zero-order valence-electron chi connectivity index (χ0n) is 9.34. The molecule has 2 aliphatic heterocycles. The van der Waals surface area contributed by atoms with Gasteiger partial charge in [-0.1, -0.05) is 0 Å². The second-order valence-corrected chi connectivity index (χ2v) is 4.82. The minimum absolute atomic E-state index is 0.860.